The normalized spacial score (nSPS) is 11.6. The van der Waals surface area contributed by atoms with E-state index in [1.54, 1.807) is 12.1 Å². The Morgan fingerprint density at radius 2 is 2.00 bits per heavy atom. The van der Waals surface area contributed by atoms with Gasteiger partial charge in [-0.05, 0) is 18.6 Å². The summed E-state index contributed by atoms with van der Waals surface area (Å²) >= 11 is 0. The molecule has 1 aromatic heterocycles. The number of carbonyl (C=O) groups is 3. The number of carbonyl (C=O) groups excluding carboxylic acids is 1. The van der Waals surface area contributed by atoms with Crippen molar-refractivity contribution in [3.8, 4) is 0 Å². The van der Waals surface area contributed by atoms with Gasteiger partial charge in [0.15, 0.2) is 0 Å². The van der Waals surface area contributed by atoms with Crippen molar-refractivity contribution in [2.24, 2.45) is 0 Å². The lowest BCUT2D eigenvalue weighted by atomic mass is 10.1. The summed E-state index contributed by atoms with van der Waals surface area (Å²) < 4.78 is 0. The predicted octanol–water partition coefficient (Wildman–Crippen LogP) is 0.129. The zero-order valence-corrected chi connectivity index (χ0v) is 9.37. The van der Waals surface area contributed by atoms with E-state index in [0.717, 1.165) is 0 Å². The number of nitrogens with zero attached hydrogens (tertiary/aromatic N) is 1. The van der Waals surface area contributed by atoms with Crippen molar-refractivity contribution in [2.75, 3.05) is 0 Å². The maximum absolute atomic E-state index is 11.6. The molecule has 0 bridgehead atoms. The van der Waals surface area contributed by atoms with Crippen LogP contribution in [0.15, 0.2) is 24.4 Å². The lowest BCUT2D eigenvalue weighted by molar-refractivity contribution is -0.140. The highest BCUT2D eigenvalue weighted by atomic mass is 16.4. The molecule has 96 valence electrons. The number of nitrogens with one attached hydrogen (secondary N) is 1. The third-order valence-electron chi connectivity index (χ3n) is 2.15. The number of rotatable bonds is 6. The Bertz CT molecular complexity index is 446. The van der Waals surface area contributed by atoms with Crippen LogP contribution in [0.2, 0.25) is 0 Å². The summed E-state index contributed by atoms with van der Waals surface area (Å²) in [6.07, 6.45) is 0.893. The van der Waals surface area contributed by atoms with Gasteiger partial charge in [-0.15, -0.1) is 0 Å². The van der Waals surface area contributed by atoms with Gasteiger partial charge in [0, 0.05) is 12.6 Å². The molecular formula is C11H12N2O5. The number of hydrogen-bond acceptors (Lipinski definition) is 4. The zero-order chi connectivity index (χ0) is 13.5. The standard InChI is InChI=1S/C11H12N2O5/c14-9(15)5-4-8(11(17)18)13-10(16)7-3-1-2-6-12-7/h1-3,6,8H,4-5H2,(H,13,16)(H,14,15)(H,17,18). The van der Waals surface area contributed by atoms with Gasteiger partial charge in [-0.25, -0.2) is 4.79 Å². The third kappa shape index (κ3) is 4.20. The monoisotopic (exact) mass is 252 g/mol. The minimum Gasteiger partial charge on any atom is -0.481 e. The number of aliphatic carboxylic acids is 2. The van der Waals surface area contributed by atoms with Crippen LogP contribution >= 0.6 is 0 Å². The van der Waals surface area contributed by atoms with E-state index >= 15 is 0 Å². The van der Waals surface area contributed by atoms with Gasteiger partial charge in [0.05, 0.1) is 0 Å². The predicted molar refractivity (Wildman–Crippen MR) is 60.0 cm³/mol. The van der Waals surface area contributed by atoms with E-state index in [1.165, 1.54) is 12.3 Å². The van der Waals surface area contributed by atoms with Crippen LogP contribution < -0.4 is 5.32 Å². The number of hydrogen-bond donors (Lipinski definition) is 3. The Hall–Kier alpha value is -2.44. The van der Waals surface area contributed by atoms with E-state index < -0.39 is 23.9 Å². The number of carboxylic acids is 2. The highest BCUT2D eigenvalue weighted by Gasteiger charge is 2.21. The maximum atomic E-state index is 11.6. The summed E-state index contributed by atoms with van der Waals surface area (Å²) in [4.78, 5) is 36.6. The second-order valence-corrected chi connectivity index (χ2v) is 3.51. The summed E-state index contributed by atoms with van der Waals surface area (Å²) in [5.74, 6) is -3.04. The largest absolute Gasteiger partial charge is 0.481 e. The number of aromatic nitrogens is 1. The smallest absolute Gasteiger partial charge is 0.326 e. The van der Waals surface area contributed by atoms with E-state index in [9.17, 15) is 14.4 Å². The minimum atomic E-state index is -1.28. The fraction of sp³-hybridized carbons (Fsp3) is 0.273. The average Bonchev–Trinajstić information content (AvgIpc) is 2.34. The number of amides is 1. The Balaban J connectivity index is 2.64. The van der Waals surface area contributed by atoms with Gasteiger partial charge in [-0.1, -0.05) is 6.07 Å². The molecule has 1 heterocycles. The van der Waals surface area contributed by atoms with Crippen molar-refractivity contribution in [2.45, 2.75) is 18.9 Å². The van der Waals surface area contributed by atoms with Gasteiger partial charge in [0.25, 0.3) is 5.91 Å². The fourth-order valence-electron chi connectivity index (χ4n) is 1.25. The summed E-state index contributed by atoms with van der Waals surface area (Å²) in [6.45, 7) is 0. The summed E-state index contributed by atoms with van der Waals surface area (Å²) in [5, 5.41) is 19.6. The van der Waals surface area contributed by atoms with Crippen molar-refractivity contribution in [1.82, 2.24) is 10.3 Å². The molecule has 3 N–H and O–H groups in total. The molecule has 0 saturated heterocycles. The molecular weight excluding hydrogens is 240 g/mol. The van der Waals surface area contributed by atoms with E-state index in [1.807, 2.05) is 0 Å². The van der Waals surface area contributed by atoms with Crippen molar-refractivity contribution in [1.29, 1.82) is 0 Å². The SMILES string of the molecule is O=C(O)CCC(NC(=O)c1ccccn1)C(=O)O. The lowest BCUT2D eigenvalue weighted by Gasteiger charge is -2.12. The van der Waals surface area contributed by atoms with Crippen LogP contribution in [0.4, 0.5) is 0 Å². The Morgan fingerprint density at radius 3 is 2.50 bits per heavy atom. The van der Waals surface area contributed by atoms with Crippen LogP contribution in [0.25, 0.3) is 0 Å². The first-order valence-electron chi connectivity index (χ1n) is 5.17. The fourth-order valence-corrected chi connectivity index (χ4v) is 1.25. The molecule has 0 fully saturated rings. The van der Waals surface area contributed by atoms with Gasteiger partial charge < -0.3 is 15.5 Å². The van der Waals surface area contributed by atoms with Crippen LogP contribution in [0.1, 0.15) is 23.3 Å². The molecule has 0 aromatic carbocycles. The molecule has 0 radical (unpaired) electrons. The second kappa shape index (κ2) is 6.33. The molecule has 1 unspecified atom stereocenters. The molecule has 7 heteroatoms. The molecule has 0 aliphatic carbocycles. The van der Waals surface area contributed by atoms with Crippen molar-refractivity contribution in [3.05, 3.63) is 30.1 Å². The van der Waals surface area contributed by atoms with E-state index in [-0.39, 0.29) is 18.5 Å². The van der Waals surface area contributed by atoms with E-state index in [0.29, 0.717) is 0 Å². The number of carboxylic acid groups (broad SMARTS) is 2. The summed E-state index contributed by atoms with van der Waals surface area (Å²) in [7, 11) is 0. The molecule has 7 nitrogen and oxygen atoms in total. The first-order valence-corrected chi connectivity index (χ1v) is 5.17. The molecule has 0 spiro atoms. The van der Waals surface area contributed by atoms with Crippen molar-refractivity contribution < 1.29 is 24.6 Å². The Morgan fingerprint density at radius 1 is 1.28 bits per heavy atom. The van der Waals surface area contributed by atoms with Crippen LogP contribution in [0.3, 0.4) is 0 Å². The molecule has 0 aliphatic rings. The van der Waals surface area contributed by atoms with Crippen LogP contribution in [0, 0.1) is 0 Å². The van der Waals surface area contributed by atoms with Crippen LogP contribution in [-0.2, 0) is 9.59 Å². The third-order valence-corrected chi connectivity index (χ3v) is 2.15. The number of pyridine rings is 1. The first-order chi connectivity index (χ1) is 8.50. The van der Waals surface area contributed by atoms with Gasteiger partial charge >= 0.3 is 11.9 Å². The highest BCUT2D eigenvalue weighted by molar-refractivity contribution is 5.94. The lowest BCUT2D eigenvalue weighted by Crippen LogP contribution is -2.41. The molecule has 18 heavy (non-hydrogen) atoms. The Kier molecular flexibility index (Phi) is 4.79. The van der Waals surface area contributed by atoms with E-state index in [4.69, 9.17) is 10.2 Å². The van der Waals surface area contributed by atoms with Gasteiger partial charge in [0.1, 0.15) is 11.7 Å². The zero-order valence-electron chi connectivity index (χ0n) is 9.37. The molecule has 1 amide bonds. The van der Waals surface area contributed by atoms with Crippen LogP contribution in [-0.4, -0.2) is 39.1 Å². The maximum Gasteiger partial charge on any atom is 0.326 e. The molecule has 1 rings (SSSR count). The topological polar surface area (TPSA) is 117 Å². The van der Waals surface area contributed by atoms with Gasteiger partial charge in [-0.3, -0.25) is 14.6 Å². The highest BCUT2D eigenvalue weighted by Crippen LogP contribution is 2.01. The first kappa shape index (κ1) is 13.6. The minimum absolute atomic E-state index is 0.0825. The molecule has 0 saturated carbocycles. The van der Waals surface area contributed by atoms with Gasteiger partial charge in [-0.2, -0.15) is 0 Å². The summed E-state index contributed by atoms with van der Waals surface area (Å²) in [6, 6.07) is 3.41. The summed E-state index contributed by atoms with van der Waals surface area (Å²) in [5.41, 5.74) is 0.0825. The Labute approximate surface area is 102 Å². The molecule has 1 aromatic rings. The van der Waals surface area contributed by atoms with Crippen LogP contribution in [0.5, 0.6) is 0 Å². The molecule has 1 atom stereocenters. The van der Waals surface area contributed by atoms with Gasteiger partial charge in [0.2, 0.25) is 0 Å². The van der Waals surface area contributed by atoms with Crippen molar-refractivity contribution >= 4 is 17.8 Å². The molecule has 0 aliphatic heterocycles. The average molecular weight is 252 g/mol. The quantitative estimate of drug-likeness (QED) is 0.662. The van der Waals surface area contributed by atoms with E-state index in [2.05, 4.69) is 10.3 Å². The second-order valence-electron chi connectivity index (χ2n) is 3.51. The van der Waals surface area contributed by atoms with Crippen molar-refractivity contribution in [3.63, 3.8) is 0 Å².